The molecule has 4 heterocycles. The van der Waals surface area contributed by atoms with E-state index in [2.05, 4.69) is 22.5 Å². The van der Waals surface area contributed by atoms with Gasteiger partial charge in [-0.25, -0.2) is 0 Å². The predicted molar refractivity (Wildman–Crippen MR) is 159 cm³/mol. The number of benzene rings is 1. The molecule has 3 amide bonds. The van der Waals surface area contributed by atoms with Crippen molar-refractivity contribution in [3.63, 3.8) is 0 Å². The van der Waals surface area contributed by atoms with Crippen LogP contribution in [0.3, 0.4) is 0 Å². The smallest absolute Gasteiger partial charge is 0.246 e. The van der Waals surface area contributed by atoms with Gasteiger partial charge in [0.05, 0.1) is 17.9 Å². The Morgan fingerprint density at radius 2 is 1.73 bits per heavy atom. The number of carbonyl (C=O) groups excluding carboxylic acids is 3. The van der Waals surface area contributed by atoms with Gasteiger partial charge in [-0.15, -0.1) is 0 Å². The van der Waals surface area contributed by atoms with Crippen LogP contribution < -0.4 is 10.6 Å². The van der Waals surface area contributed by atoms with Crippen LogP contribution >= 0.6 is 23.2 Å². The van der Waals surface area contributed by atoms with Gasteiger partial charge in [0.25, 0.3) is 0 Å². The number of hydrogen-bond donors (Lipinski definition) is 2. The van der Waals surface area contributed by atoms with Gasteiger partial charge in [0.15, 0.2) is 0 Å². The molecule has 2 bridgehead atoms. The molecule has 0 unspecified atom stereocenters. The first-order valence-corrected chi connectivity index (χ1v) is 16.1. The molecule has 3 saturated heterocycles. The van der Waals surface area contributed by atoms with Crippen molar-refractivity contribution in [3.05, 3.63) is 40.4 Å². The fourth-order valence-corrected chi connectivity index (χ4v) is 8.47. The lowest BCUT2D eigenvalue weighted by Crippen LogP contribution is -2.57. The first-order valence-electron chi connectivity index (χ1n) is 15.3. The molecule has 1 aromatic carbocycles. The molecule has 1 spiro atoms. The second kappa shape index (κ2) is 11.9. The topological polar surface area (TPSA) is 91.0 Å². The maximum atomic E-state index is 14.3. The number of anilines is 1. The summed E-state index contributed by atoms with van der Waals surface area (Å²) in [5, 5.41) is 6.97. The summed E-state index contributed by atoms with van der Waals surface area (Å²) in [4.78, 5) is 46.2. The summed E-state index contributed by atoms with van der Waals surface area (Å²) >= 11 is 12.3. The average molecular weight is 604 g/mol. The van der Waals surface area contributed by atoms with E-state index < -0.39 is 29.6 Å². The molecule has 6 atom stereocenters. The van der Waals surface area contributed by atoms with Gasteiger partial charge in [-0.3, -0.25) is 19.3 Å². The Morgan fingerprint density at radius 3 is 2.46 bits per heavy atom. The lowest BCUT2D eigenvalue weighted by molar-refractivity contribution is -0.141. The summed E-state index contributed by atoms with van der Waals surface area (Å²) in [6.07, 6.45) is 13.0. The van der Waals surface area contributed by atoms with E-state index in [1.54, 1.807) is 23.1 Å². The zero-order valence-electron chi connectivity index (χ0n) is 23.6. The van der Waals surface area contributed by atoms with Crippen molar-refractivity contribution >= 4 is 46.6 Å². The average Bonchev–Trinajstić information content (AvgIpc) is 3.59. The van der Waals surface area contributed by atoms with Gasteiger partial charge in [0.2, 0.25) is 17.7 Å². The molecular formula is C31H40Cl2N4O4. The highest BCUT2D eigenvalue weighted by Crippen LogP contribution is 2.55. The number of amides is 3. The molecule has 2 N–H and O–H groups in total. The molecule has 8 nitrogen and oxygen atoms in total. The number of nitrogens with one attached hydrogen (secondary N) is 2. The second-order valence-corrected chi connectivity index (χ2v) is 13.2. The molecule has 4 fully saturated rings. The van der Waals surface area contributed by atoms with Crippen molar-refractivity contribution in [3.8, 4) is 0 Å². The Hall–Kier alpha value is -2.13. The van der Waals surface area contributed by atoms with Crippen LogP contribution in [0, 0.1) is 11.8 Å². The van der Waals surface area contributed by atoms with Gasteiger partial charge in [-0.05, 0) is 56.8 Å². The molecule has 0 radical (unpaired) electrons. The van der Waals surface area contributed by atoms with Gasteiger partial charge in [0, 0.05) is 40.9 Å². The van der Waals surface area contributed by atoms with E-state index in [4.69, 9.17) is 27.9 Å². The number of hydrogen-bond acceptors (Lipinski definition) is 5. The maximum Gasteiger partial charge on any atom is 0.246 e. The third-order valence-corrected chi connectivity index (χ3v) is 10.3. The van der Waals surface area contributed by atoms with Gasteiger partial charge in [-0.2, -0.15) is 0 Å². The molecule has 1 aromatic rings. The predicted octanol–water partition coefficient (Wildman–Crippen LogP) is 4.80. The fourth-order valence-electron chi connectivity index (χ4n) is 7.94. The Morgan fingerprint density at radius 1 is 1.00 bits per heavy atom. The molecule has 222 valence electrons. The van der Waals surface area contributed by atoms with E-state index in [1.807, 2.05) is 12.2 Å². The molecule has 0 aromatic heterocycles. The summed E-state index contributed by atoms with van der Waals surface area (Å²) in [7, 11) is 0. The SMILES string of the molecule is CC[C@@H]1CCCCN1CCN1C(=O)[C@@H]2[C@@H](C(=O)Nc3cc(Cl)cc(Cl)c3)[C@@H]3C=C[C@@]2(O3)[C@H]1C(=O)NC1CCCCC1. The van der Waals surface area contributed by atoms with Crippen LogP contribution in [-0.2, 0) is 19.1 Å². The number of halogens is 2. The van der Waals surface area contributed by atoms with Gasteiger partial charge >= 0.3 is 0 Å². The summed E-state index contributed by atoms with van der Waals surface area (Å²) in [5.74, 6) is -2.24. The number of likely N-dealkylation sites (tertiary alicyclic amines) is 2. The summed E-state index contributed by atoms with van der Waals surface area (Å²) in [5.41, 5.74) is -0.710. The molecule has 41 heavy (non-hydrogen) atoms. The normalized spacial score (nSPS) is 33.3. The van der Waals surface area contributed by atoms with E-state index in [0.29, 0.717) is 34.9 Å². The van der Waals surface area contributed by atoms with Crippen LogP contribution in [0.1, 0.15) is 64.7 Å². The van der Waals surface area contributed by atoms with Crippen molar-refractivity contribution < 1.29 is 19.1 Å². The number of nitrogens with zero attached hydrogens (tertiary/aromatic N) is 2. The minimum Gasteiger partial charge on any atom is -0.359 e. The second-order valence-electron chi connectivity index (χ2n) is 12.3. The van der Waals surface area contributed by atoms with Gasteiger partial charge in [0.1, 0.15) is 11.6 Å². The van der Waals surface area contributed by atoms with Crippen LogP contribution in [0.25, 0.3) is 0 Å². The van der Waals surface area contributed by atoms with Crippen molar-refractivity contribution in [1.29, 1.82) is 0 Å². The molecule has 5 aliphatic rings. The highest BCUT2D eigenvalue weighted by atomic mass is 35.5. The standard InChI is InChI=1S/C31H40Cl2N4O4/c1-2-23-10-6-7-13-36(23)14-15-37-27(29(39)34-21-8-4-3-5-9-21)31-12-11-24(41-31)25(26(31)30(37)40)28(38)35-22-17-19(32)16-20(33)18-22/h11-12,16-18,21,23-27H,2-10,13-15H2,1H3,(H,34,39)(H,35,38)/t23-,24+,25+,26+,27-,31+/m1/s1. The third-order valence-electron chi connectivity index (χ3n) is 9.86. The Bertz CT molecular complexity index is 1200. The van der Waals surface area contributed by atoms with Gasteiger partial charge in [-0.1, -0.05) is 68.0 Å². The van der Waals surface area contributed by atoms with Crippen molar-refractivity contribution in [2.75, 3.05) is 25.0 Å². The Labute approximate surface area is 252 Å². The molecule has 6 rings (SSSR count). The minimum absolute atomic E-state index is 0.101. The fraction of sp³-hybridized carbons (Fsp3) is 0.645. The Balaban J connectivity index is 1.27. The molecule has 1 saturated carbocycles. The van der Waals surface area contributed by atoms with Crippen LogP contribution in [0.4, 0.5) is 5.69 Å². The van der Waals surface area contributed by atoms with Crippen LogP contribution in [-0.4, -0.2) is 77.0 Å². The lowest BCUT2D eigenvalue weighted by Gasteiger charge is -2.38. The number of carbonyl (C=O) groups is 3. The molecule has 1 aliphatic carbocycles. The highest BCUT2D eigenvalue weighted by Gasteiger charge is 2.72. The first-order chi connectivity index (χ1) is 19.8. The number of ether oxygens (including phenoxy) is 1. The highest BCUT2D eigenvalue weighted by molar-refractivity contribution is 6.35. The number of fused-ring (bicyclic) bond motifs is 1. The summed E-state index contributed by atoms with van der Waals surface area (Å²) < 4.78 is 6.50. The largest absolute Gasteiger partial charge is 0.359 e. The zero-order chi connectivity index (χ0) is 28.7. The van der Waals surface area contributed by atoms with Gasteiger partial charge < -0.3 is 20.3 Å². The van der Waals surface area contributed by atoms with E-state index in [9.17, 15) is 14.4 Å². The minimum atomic E-state index is -1.17. The molecule has 4 aliphatic heterocycles. The van der Waals surface area contributed by atoms with Crippen LogP contribution in [0.5, 0.6) is 0 Å². The van der Waals surface area contributed by atoms with Crippen molar-refractivity contribution in [2.45, 2.75) is 94.5 Å². The lowest BCUT2D eigenvalue weighted by atomic mass is 9.74. The summed E-state index contributed by atoms with van der Waals surface area (Å²) in [6, 6.07) is 4.62. The van der Waals surface area contributed by atoms with Crippen LogP contribution in [0.15, 0.2) is 30.4 Å². The van der Waals surface area contributed by atoms with E-state index in [0.717, 1.165) is 51.5 Å². The monoisotopic (exact) mass is 602 g/mol. The van der Waals surface area contributed by atoms with E-state index >= 15 is 0 Å². The van der Waals surface area contributed by atoms with E-state index in [-0.39, 0.29) is 23.8 Å². The quantitative estimate of drug-likeness (QED) is 0.417. The Kier molecular flexibility index (Phi) is 8.38. The molecule has 10 heteroatoms. The maximum absolute atomic E-state index is 14.3. The van der Waals surface area contributed by atoms with Crippen LogP contribution in [0.2, 0.25) is 10.0 Å². The van der Waals surface area contributed by atoms with E-state index in [1.165, 1.54) is 12.8 Å². The van der Waals surface area contributed by atoms with Crippen molar-refractivity contribution in [1.82, 2.24) is 15.1 Å². The number of piperidine rings is 1. The summed E-state index contributed by atoms with van der Waals surface area (Å²) in [6.45, 7) is 4.34. The molecular weight excluding hydrogens is 563 g/mol. The number of rotatable bonds is 8. The zero-order valence-corrected chi connectivity index (χ0v) is 25.1. The first kappa shape index (κ1) is 29.0. The van der Waals surface area contributed by atoms with Crippen molar-refractivity contribution in [2.24, 2.45) is 11.8 Å². The third kappa shape index (κ3) is 5.41.